The summed E-state index contributed by atoms with van der Waals surface area (Å²) in [6.07, 6.45) is 19.5. The summed E-state index contributed by atoms with van der Waals surface area (Å²) in [5.74, 6) is -9.54. The number of alkyl halides is 4. The Bertz CT molecular complexity index is 1410. The number of nitrogens with one attached hydrogen (secondary N) is 3. The van der Waals surface area contributed by atoms with Crippen LogP contribution in [0.4, 0.5) is 17.6 Å². The average Bonchev–Trinajstić information content (AvgIpc) is 3.98. The molecule has 3 heterocycles. The highest BCUT2D eigenvalue weighted by molar-refractivity contribution is 7.99. The maximum Gasteiger partial charge on any atom is 0.328 e. The van der Waals surface area contributed by atoms with Crippen LogP contribution in [0, 0.1) is 0 Å². The summed E-state index contributed by atoms with van der Waals surface area (Å²) in [5.41, 5.74) is 0. The van der Waals surface area contributed by atoms with Crippen molar-refractivity contribution in [1.82, 2.24) is 16.0 Å². The van der Waals surface area contributed by atoms with Crippen molar-refractivity contribution in [2.24, 2.45) is 0 Å². The van der Waals surface area contributed by atoms with Crippen LogP contribution in [0.25, 0.3) is 0 Å². The van der Waals surface area contributed by atoms with Gasteiger partial charge in [0.25, 0.3) is 5.92 Å². The van der Waals surface area contributed by atoms with Gasteiger partial charge in [-0.15, -0.1) is 0 Å². The van der Waals surface area contributed by atoms with Gasteiger partial charge in [0.15, 0.2) is 0 Å². The van der Waals surface area contributed by atoms with Gasteiger partial charge in [-0.1, -0.05) is 130 Å². The van der Waals surface area contributed by atoms with E-state index in [1.165, 1.54) is 57.8 Å². The molecule has 376 valence electrons. The van der Waals surface area contributed by atoms with Gasteiger partial charge in [0, 0.05) is 32.1 Å². The predicted octanol–water partition coefficient (Wildman–Crippen LogP) is 9.25. The molecule has 0 aromatic rings. The van der Waals surface area contributed by atoms with E-state index < -0.39 is 78.8 Å². The average molecular weight is 954 g/mol. The molecule has 3 atom stereocenters. The minimum Gasteiger partial charge on any atom is -0.464 e. The Morgan fingerprint density at radius 1 is 0.523 bits per heavy atom. The second kappa shape index (κ2) is 35.7. The molecule has 3 aliphatic heterocycles. The van der Waals surface area contributed by atoms with Crippen LogP contribution in [0.15, 0.2) is 0 Å². The molecule has 3 saturated heterocycles. The van der Waals surface area contributed by atoms with Crippen molar-refractivity contribution in [3.05, 3.63) is 0 Å². The summed E-state index contributed by atoms with van der Waals surface area (Å²) >= 11 is 1.65. The molecule has 13 nitrogen and oxygen atoms in total. The Balaban J connectivity index is 0.000000489. The van der Waals surface area contributed by atoms with Gasteiger partial charge in [-0.3, -0.25) is 19.2 Å². The Morgan fingerprint density at radius 3 is 1.31 bits per heavy atom. The molecule has 0 bridgehead atoms. The molecule has 3 fully saturated rings. The molecular weight excluding hydrogens is 875 g/mol. The zero-order valence-electron chi connectivity index (χ0n) is 39.4. The number of ether oxygens (including phenoxy) is 3. The number of hydrogen-bond donors (Lipinski definition) is 3. The predicted molar refractivity (Wildman–Crippen MR) is 243 cm³/mol. The molecule has 0 spiro atoms. The summed E-state index contributed by atoms with van der Waals surface area (Å²) in [4.78, 5) is 79.9. The number of halogens is 4. The minimum atomic E-state index is -3.49. The number of esters is 3. The number of thioether (sulfide) groups is 1. The SMILES string of the molecule is CCCCCCCCC(F)(F)C(=O)CC(=O)N[C@H]1CCOC1=O.CCCCCCCCCC(F)(F)CC(=O)N[C@H]1CCOC1=O.CCCCCCCCCSCC(=O)N[C@H]1CCOC1=O. The highest BCUT2D eigenvalue weighted by Gasteiger charge is 2.39. The van der Waals surface area contributed by atoms with E-state index in [4.69, 9.17) is 4.74 Å². The lowest BCUT2D eigenvalue weighted by atomic mass is 10.0. The van der Waals surface area contributed by atoms with Gasteiger partial charge in [0.05, 0.1) is 38.4 Å². The van der Waals surface area contributed by atoms with Crippen LogP contribution in [0.2, 0.25) is 0 Å². The van der Waals surface area contributed by atoms with Crippen molar-refractivity contribution >= 4 is 53.2 Å². The molecule has 65 heavy (non-hydrogen) atoms. The molecule has 0 aliphatic carbocycles. The largest absolute Gasteiger partial charge is 0.464 e. The Hall–Kier alpha value is -3.44. The van der Waals surface area contributed by atoms with E-state index >= 15 is 0 Å². The Morgan fingerprint density at radius 2 is 0.892 bits per heavy atom. The number of carbonyl (C=O) groups is 7. The third-order valence-corrected chi connectivity index (χ3v) is 12.1. The molecule has 3 amide bonds. The molecular formula is C47H79F4N3O10S. The first kappa shape index (κ1) is 59.6. The van der Waals surface area contributed by atoms with E-state index in [1.54, 1.807) is 11.8 Å². The van der Waals surface area contributed by atoms with Crippen molar-refractivity contribution in [2.75, 3.05) is 31.3 Å². The number of carbonyl (C=O) groups excluding carboxylic acids is 7. The van der Waals surface area contributed by atoms with Crippen molar-refractivity contribution in [3.63, 3.8) is 0 Å². The molecule has 0 radical (unpaired) electrons. The molecule has 3 aliphatic rings. The highest BCUT2D eigenvalue weighted by Crippen LogP contribution is 2.27. The van der Waals surface area contributed by atoms with Crippen molar-refractivity contribution in [3.8, 4) is 0 Å². The lowest BCUT2D eigenvalue weighted by Gasteiger charge is -2.17. The van der Waals surface area contributed by atoms with Gasteiger partial charge in [-0.05, 0) is 25.0 Å². The van der Waals surface area contributed by atoms with Crippen molar-refractivity contribution in [2.45, 2.75) is 224 Å². The highest BCUT2D eigenvalue weighted by atomic mass is 32.2. The first-order chi connectivity index (χ1) is 31.0. The smallest absolute Gasteiger partial charge is 0.328 e. The van der Waals surface area contributed by atoms with E-state index in [2.05, 4.69) is 46.2 Å². The quantitative estimate of drug-likeness (QED) is 0.0187. The zero-order valence-corrected chi connectivity index (χ0v) is 40.2. The monoisotopic (exact) mass is 954 g/mol. The number of unbranched alkanes of at least 4 members (excludes halogenated alkanes) is 17. The standard InChI is InChI=1S/C16H25F2NO4.C16H27F2NO3.C15H27NO3S/c1-2-3-4-5-6-7-9-16(17,18)13(20)11-14(21)19-12-8-10-23-15(12)22;1-2-3-4-5-6-7-8-10-16(17,18)12-14(20)19-13-9-11-22-15(13)21;1-2-3-4-5-6-7-8-11-20-12-14(17)16-13-9-10-19-15(13)18/h12H,2-11H2,1H3,(H,19,21);13H,2-12H2,1H3,(H,19,20);13H,2-12H2,1H3,(H,16,17)/t12-;2*13-/m000/s1. The zero-order chi connectivity index (χ0) is 48.4. The van der Waals surface area contributed by atoms with E-state index in [9.17, 15) is 51.1 Å². The lowest BCUT2D eigenvalue weighted by molar-refractivity contribution is -0.148. The lowest BCUT2D eigenvalue weighted by Crippen LogP contribution is -2.41. The van der Waals surface area contributed by atoms with Gasteiger partial charge < -0.3 is 30.2 Å². The fraction of sp³-hybridized carbons (Fsp3) is 0.851. The Kier molecular flexibility index (Phi) is 32.7. The summed E-state index contributed by atoms with van der Waals surface area (Å²) < 4.78 is 69.0. The maximum absolute atomic E-state index is 13.7. The van der Waals surface area contributed by atoms with Crippen molar-refractivity contribution < 1.29 is 65.3 Å². The normalized spacial score (nSPS) is 18.1. The second-order valence-electron chi connectivity index (χ2n) is 17.1. The van der Waals surface area contributed by atoms with Gasteiger partial charge in [0.2, 0.25) is 23.5 Å². The van der Waals surface area contributed by atoms with Crippen LogP contribution >= 0.6 is 11.8 Å². The third-order valence-electron chi connectivity index (χ3n) is 11.1. The fourth-order valence-corrected chi connectivity index (χ4v) is 7.96. The van der Waals surface area contributed by atoms with Crippen LogP contribution in [0.1, 0.15) is 194 Å². The molecule has 0 aromatic heterocycles. The van der Waals surface area contributed by atoms with Crippen LogP contribution in [0.3, 0.4) is 0 Å². The number of Topliss-reactive ketones (excluding diaryl/α,β-unsaturated/α-hetero) is 1. The van der Waals surface area contributed by atoms with Crippen LogP contribution in [-0.4, -0.2) is 103 Å². The molecule has 0 unspecified atom stereocenters. The van der Waals surface area contributed by atoms with E-state index in [1.807, 2.05) is 0 Å². The second-order valence-corrected chi connectivity index (χ2v) is 18.2. The molecule has 3 rings (SSSR count). The van der Waals surface area contributed by atoms with Gasteiger partial charge in [0.1, 0.15) is 18.1 Å². The summed E-state index contributed by atoms with van der Waals surface area (Å²) in [6.45, 7) is 7.28. The van der Waals surface area contributed by atoms with E-state index in [0.717, 1.165) is 57.1 Å². The molecule has 3 N–H and O–H groups in total. The topological polar surface area (TPSA) is 183 Å². The summed E-state index contributed by atoms with van der Waals surface area (Å²) in [5, 5.41) is 7.29. The minimum absolute atomic E-state index is 0.0539. The molecule has 0 aromatic carbocycles. The van der Waals surface area contributed by atoms with Gasteiger partial charge in [-0.25, -0.2) is 23.2 Å². The van der Waals surface area contributed by atoms with Crippen LogP contribution < -0.4 is 16.0 Å². The first-order valence-electron chi connectivity index (χ1n) is 24.3. The van der Waals surface area contributed by atoms with Crippen LogP contribution in [0.5, 0.6) is 0 Å². The molecule has 18 heteroatoms. The van der Waals surface area contributed by atoms with E-state index in [-0.39, 0.29) is 37.9 Å². The summed E-state index contributed by atoms with van der Waals surface area (Å²) in [6, 6.07) is -2.01. The van der Waals surface area contributed by atoms with Crippen LogP contribution in [-0.2, 0) is 47.8 Å². The third kappa shape index (κ3) is 29.7. The number of amides is 3. The van der Waals surface area contributed by atoms with Gasteiger partial charge >= 0.3 is 23.8 Å². The number of cyclic esters (lactones) is 3. The van der Waals surface area contributed by atoms with Gasteiger partial charge in [-0.2, -0.15) is 20.5 Å². The number of rotatable bonds is 33. The molecule has 0 saturated carbocycles. The maximum atomic E-state index is 13.7. The van der Waals surface area contributed by atoms with E-state index in [0.29, 0.717) is 44.5 Å². The first-order valence-corrected chi connectivity index (χ1v) is 25.4. The summed E-state index contributed by atoms with van der Waals surface area (Å²) in [7, 11) is 0. The number of hydrogen-bond acceptors (Lipinski definition) is 11. The Labute approximate surface area is 388 Å². The van der Waals surface area contributed by atoms with Crippen molar-refractivity contribution in [1.29, 1.82) is 0 Å². The number of ketones is 1. The fourth-order valence-electron chi connectivity index (χ4n) is 7.14.